The zero-order valence-corrected chi connectivity index (χ0v) is 13.9. The first kappa shape index (κ1) is 14.8. The van der Waals surface area contributed by atoms with Crippen molar-refractivity contribution in [1.82, 2.24) is 10.3 Å². The third kappa shape index (κ3) is 2.91. The Morgan fingerprint density at radius 3 is 3.25 bits per heavy atom. The molecule has 2 aliphatic rings. The van der Waals surface area contributed by atoms with Crippen LogP contribution in [0, 0.1) is 11.3 Å². The Kier molecular flexibility index (Phi) is 4.70. The van der Waals surface area contributed by atoms with E-state index in [2.05, 4.69) is 24.1 Å². The number of ether oxygens (including phenoxy) is 1. The van der Waals surface area contributed by atoms with E-state index in [0.717, 1.165) is 24.8 Å². The molecular formula is C15H24N2OS2. The van der Waals surface area contributed by atoms with Crippen molar-refractivity contribution in [1.29, 1.82) is 0 Å². The maximum Gasteiger partial charge on any atom is 0.149 e. The standard InChI is InChI=1S/C15H24N2OS2/c1-15(2)12(11-5-3-8-18-13(11)15)16-6-4-9-19-14-17-7-10-20-14/h7,10-13,16H,3-6,8-9H2,1-2H3/t11-,12+,13-/m0/s1. The molecule has 112 valence electrons. The quantitative estimate of drug-likeness (QED) is 0.645. The summed E-state index contributed by atoms with van der Waals surface area (Å²) in [6.45, 7) is 6.76. The summed E-state index contributed by atoms with van der Waals surface area (Å²) in [5.41, 5.74) is 0.299. The van der Waals surface area contributed by atoms with Crippen LogP contribution in [0.5, 0.6) is 0 Å². The van der Waals surface area contributed by atoms with Crippen molar-refractivity contribution in [3.05, 3.63) is 11.6 Å². The van der Waals surface area contributed by atoms with E-state index in [1.54, 1.807) is 11.3 Å². The normalized spacial score (nSPS) is 31.6. The second-order valence-electron chi connectivity index (χ2n) is 6.35. The molecule has 0 amide bonds. The molecule has 3 rings (SSSR count). The molecule has 1 aliphatic carbocycles. The molecule has 20 heavy (non-hydrogen) atoms. The van der Waals surface area contributed by atoms with Gasteiger partial charge in [-0.3, -0.25) is 0 Å². The average molecular weight is 313 g/mol. The Morgan fingerprint density at radius 2 is 2.45 bits per heavy atom. The third-order valence-electron chi connectivity index (χ3n) is 4.65. The molecule has 5 heteroatoms. The van der Waals surface area contributed by atoms with E-state index in [-0.39, 0.29) is 0 Å². The molecular weight excluding hydrogens is 288 g/mol. The molecule has 0 aromatic carbocycles. The fourth-order valence-corrected chi connectivity index (χ4v) is 5.36. The van der Waals surface area contributed by atoms with Crippen LogP contribution in [0.1, 0.15) is 33.1 Å². The molecule has 1 saturated heterocycles. The molecule has 0 spiro atoms. The minimum atomic E-state index is 0.299. The molecule has 3 atom stereocenters. The Labute approximate surface area is 129 Å². The van der Waals surface area contributed by atoms with Gasteiger partial charge in [0, 0.05) is 41.3 Å². The maximum atomic E-state index is 5.95. The van der Waals surface area contributed by atoms with Gasteiger partial charge in [-0.1, -0.05) is 25.6 Å². The minimum absolute atomic E-state index is 0.299. The summed E-state index contributed by atoms with van der Waals surface area (Å²) in [7, 11) is 0. The Hall–Kier alpha value is -0.100. The highest BCUT2D eigenvalue weighted by Gasteiger charge is 2.57. The van der Waals surface area contributed by atoms with Gasteiger partial charge in [-0.15, -0.1) is 11.3 Å². The molecule has 1 aliphatic heterocycles. The van der Waals surface area contributed by atoms with Crippen LogP contribution in [0.25, 0.3) is 0 Å². The van der Waals surface area contributed by atoms with E-state index in [9.17, 15) is 0 Å². The number of nitrogens with zero attached hydrogens (tertiary/aromatic N) is 1. The molecule has 0 bridgehead atoms. The Balaban J connectivity index is 1.38. The number of hydrogen-bond acceptors (Lipinski definition) is 5. The minimum Gasteiger partial charge on any atom is -0.377 e. The van der Waals surface area contributed by atoms with Gasteiger partial charge in [0.15, 0.2) is 0 Å². The lowest BCUT2D eigenvalue weighted by atomic mass is 9.55. The van der Waals surface area contributed by atoms with Gasteiger partial charge in [-0.2, -0.15) is 0 Å². The fourth-order valence-electron chi connectivity index (χ4n) is 3.71. The summed E-state index contributed by atoms with van der Waals surface area (Å²) in [5, 5.41) is 5.82. The first-order valence-corrected chi connectivity index (χ1v) is 9.43. The topological polar surface area (TPSA) is 34.2 Å². The van der Waals surface area contributed by atoms with E-state index in [4.69, 9.17) is 4.74 Å². The smallest absolute Gasteiger partial charge is 0.149 e. The molecule has 2 heterocycles. The zero-order valence-electron chi connectivity index (χ0n) is 12.3. The molecule has 2 fully saturated rings. The first-order chi connectivity index (χ1) is 9.69. The van der Waals surface area contributed by atoms with E-state index in [0.29, 0.717) is 17.6 Å². The van der Waals surface area contributed by atoms with Gasteiger partial charge >= 0.3 is 0 Å². The van der Waals surface area contributed by atoms with Crippen LogP contribution >= 0.6 is 23.1 Å². The second-order valence-corrected chi connectivity index (χ2v) is 8.59. The predicted molar refractivity (Wildman–Crippen MR) is 85.5 cm³/mol. The summed E-state index contributed by atoms with van der Waals surface area (Å²) in [5.74, 6) is 1.89. The molecule has 0 unspecified atom stereocenters. The van der Waals surface area contributed by atoms with Gasteiger partial charge in [0.1, 0.15) is 4.34 Å². The summed E-state index contributed by atoms with van der Waals surface area (Å²) in [6.07, 6.45) is 6.13. The molecule has 1 saturated carbocycles. The van der Waals surface area contributed by atoms with E-state index in [1.807, 2.05) is 23.3 Å². The van der Waals surface area contributed by atoms with E-state index < -0.39 is 0 Å². The monoisotopic (exact) mass is 312 g/mol. The third-order valence-corrected chi connectivity index (χ3v) is 6.70. The molecule has 0 radical (unpaired) electrons. The lowest BCUT2D eigenvalue weighted by Gasteiger charge is -2.60. The number of thioether (sulfide) groups is 1. The number of aromatic nitrogens is 1. The van der Waals surface area contributed by atoms with E-state index in [1.165, 1.54) is 23.6 Å². The number of fused-ring (bicyclic) bond motifs is 1. The van der Waals surface area contributed by atoms with Crippen molar-refractivity contribution in [2.75, 3.05) is 18.9 Å². The second kappa shape index (κ2) is 6.34. The number of nitrogens with one attached hydrogen (secondary N) is 1. The highest BCUT2D eigenvalue weighted by atomic mass is 32.2. The van der Waals surface area contributed by atoms with Crippen molar-refractivity contribution in [3.63, 3.8) is 0 Å². The highest BCUT2D eigenvalue weighted by Crippen LogP contribution is 2.51. The fraction of sp³-hybridized carbons (Fsp3) is 0.800. The van der Waals surface area contributed by atoms with Crippen LogP contribution in [-0.4, -0.2) is 36.0 Å². The maximum absolute atomic E-state index is 5.95. The average Bonchev–Trinajstić information content (AvgIpc) is 2.95. The van der Waals surface area contributed by atoms with Crippen LogP contribution < -0.4 is 5.32 Å². The summed E-state index contributed by atoms with van der Waals surface area (Å²) in [4.78, 5) is 4.30. The van der Waals surface area contributed by atoms with Crippen molar-refractivity contribution < 1.29 is 4.74 Å². The largest absolute Gasteiger partial charge is 0.377 e. The van der Waals surface area contributed by atoms with Gasteiger partial charge in [-0.25, -0.2) is 4.98 Å². The number of thiazole rings is 1. The van der Waals surface area contributed by atoms with Crippen LogP contribution in [0.4, 0.5) is 0 Å². The predicted octanol–water partition coefficient (Wildman–Crippen LogP) is 3.42. The summed E-state index contributed by atoms with van der Waals surface area (Å²) < 4.78 is 7.14. The lowest BCUT2D eigenvalue weighted by Crippen LogP contribution is -2.69. The van der Waals surface area contributed by atoms with Crippen molar-refractivity contribution in [3.8, 4) is 0 Å². The zero-order chi connectivity index (χ0) is 14.0. The number of rotatable bonds is 6. The van der Waals surface area contributed by atoms with Crippen LogP contribution in [-0.2, 0) is 4.74 Å². The summed E-state index contributed by atoms with van der Waals surface area (Å²) >= 11 is 3.60. The molecule has 1 N–H and O–H groups in total. The van der Waals surface area contributed by atoms with Gasteiger partial charge in [0.2, 0.25) is 0 Å². The van der Waals surface area contributed by atoms with Crippen LogP contribution in [0.3, 0.4) is 0 Å². The van der Waals surface area contributed by atoms with Gasteiger partial charge < -0.3 is 10.1 Å². The molecule has 1 aromatic heterocycles. The van der Waals surface area contributed by atoms with Gasteiger partial charge in [0.05, 0.1) is 6.10 Å². The Bertz CT molecular complexity index is 422. The van der Waals surface area contributed by atoms with E-state index >= 15 is 0 Å². The van der Waals surface area contributed by atoms with Gasteiger partial charge in [-0.05, 0) is 25.8 Å². The SMILES string of the molecule is CC1(C)[C@H](NCCCSc2nccs2)[C@@H]2CCCO[C@@H]21. The first-order valence-electron chi connectivity index (χ1n) is 7.57. The Morgan fingerprint density at radius 1 is 1.55 bits per heavy atom. The van der Waals surface area contributed by atoms with Crippen molar-refractivity contribution in [2.45, 2.75) is 49.6 Å². The van der Waals surface area contributed by atoms with Crippen LogP contribution in [0.15, 0.2) is 15.9 Å². The molecule has 1 aromatic rings. The number of hydrogen-bond donors (Lipinski definition) is 1. The van der Waals surface area contributed by atoms with Crippen LogP contribution in [0.2, 0.25) is 0 Å². The van der Waals surface area contributed by atoms with Gasteiger partial charge in [0.25, 0.3) is 0 Å². The van der Waals surface area contributed by atoms with Crippen molar-refractivity contribution in [2.24, 2.45) is 11.3 Å². The molecule has 3 nitrogen and oxygen atoms in total. The lowest BCUT2D eigenvalue weighted by molar-refractivity contribution is -0.192. The van der Waals surface area contributed by atoms with Crippen molar-refractivity contribution >= 4 is 23.1 Å². The highest BCUT2D eigenvalue weighted by molar-refractivity contribution is 8.00. The summed E-state index contributed by atoms with van der Waals surface area (Å²) in [6, 6.07) is 0.637.